The number of sulfonamides is 1. The molecule has 1 fully saturated rings. The summed E-state index contributed by atoms with van der Waals surface area (Å²) >= 11 is 0. The van der Waals surface area contributed by atoms with Gasteiger partial charge < -0.3 is 10.2 Å². The van der Waals surface area contributed by atoms with Crippen molar-refractivity contribution in [1.82, 2.24) is 9.21 Å². The maximum Gasteiger partial charge on any atom is 0.293 e. The van der Waals surface area contributed by atoms with Gasteiger partial charge in [-0.2, -0.15) is 4.31 Å². The molecule has 0 atom stereocenters. The number of nitrogens with zero attached hydrogens (tertiary/aromatic N) is 3. The Morgan fingerprint density at radius 1 is 1.17 bits per heavy atom. The van der Waals surface area contributed by atoms with Crippen LogP contribution in [-0.2, 0) is 10.0 Å². The van der Waals surface area contributed by atoms with Gasteiger partial charge in [0.2, 0.25) is 10.0 Å². The normalized spacial score (nSPS) is 17.7. The highest BCUT2D eigenvalue weighted by Gasteiger charge is 2.30. The Morgan fingerprint density at radius 2 is 1.75 bits per heavy atom. The number of rotatable bonds is 4. The van der Waals surface area contributed by atoms with E-state index in [4.69, 9.17) is 0 Å². The third kappa shape index (κ3) is 4.22. The van der Waals surface area contributed by atoms with Crippen LogP contribution in [0.1, 0.15) is 20.8 Å². The highest BCUT2D eigenvalue weighted by molar-refractivity contribution is 7.89. The van der Waals surface area contributed by atoms with E-state index in [2.05, 4.69) is 5.32 Å². The lowest BCUT2D eigenvalue weighted by Gasteiger charge is -2.31. The van der Waals surface area contributed by atoms with Crippen LogP contribution in [0.3, 0.4) is 0 Å². The first kappa shape index (κ1) is 18.6. The monoisotopic (exact) mass is 356 g/mol. The fourth-order valence-electron chi connectivity index (χ4n) is 2.51. The molecular weight excluding hydrogens is 332 g/mol. The highest BCUT2D eigenvalue weighted by atomic mass is 32.2. The highest BCUT2D eigenvalue weighted by Crippen LogP contribution is 2.31. The lowest BCUT2D eigenvalue weighted by Crippen LogP contribution is -2.47. The van der Waals surface area contributed by atoms with Crippen LogP contribution >= 0.6 is 0 Å². The Hall–Kier alpha value is -1.71. The Kier molecular flexibility index (Phi) is 5.17. The number of hydrogen-bond donors (Lipinski definition) is 1. The first-order valence-corrected chi connectivity index (χ1v) is 9.20. The molecule has 0 unspecified atom stereocenters. The summed E-state index contributed by atoms with van der Waals surface area (Å²) in [5.41, 5.74) is -0.298. The summed E-state index contributed by atoms with van der Waals surface area (Å²) < 4.78 is 26.8. The van der Waals surface area contributed by atoms with Gasteiger partial charge in [0.1, 0.15) is 5.69 Å². The summed E-state index contributed by atoms with van der Waals surface area (Å²) in [6.07, 6.45) is 0. The third-order valence-corrected chi connectivity index (χ3v) is 5.67. The second-order valence-electron chi connectivity index (χ2n) is 7.02. The smallest absolute Gasteiger partial charge is 0.293 e. The fourth-order valence-corrected chi connectivity index (χ4v) is 3.95. The van der Waals surface area contributed by atoms with E-state index >= 15 is 0 Å². The average molecular weight is 356 g/mol. The first-order chi connectivity index (χ1) is 11.0. The summed E-state index contributed by atoms with van der Waals surface area (Å²) in [6, 6.07) is 4.03. The Bertz CT molecular complexity index is 719. The van der Waals surface area contributed by atoms with Crippen molar-refractivity contribution in [1.29, 1.82) is 0 Å². The molecule has 0 radical (unpaired) electrons. The Morgan fingerprint density at radius 3 is 2.25 bits per heavy atom. The van der Waals surface area contributed by atoms with Gasteiger partial charge in [0.15, 0.2) is 0 Å². The van der Waals surface area contributed by atoms with Crippen LogP contribution in [0.15, 0.2) is 23.1 Å². The zero-order valence-electron chi connectivity index (χ0n) is 14.4. The summed E-state index contributed by atoms with van der Waals surface area (Å²) in [5.74, 6) is 0. The SMILES string of the molecule is CN1CCN(S(=O)(=O)c2ccc(NC(C)(C)C)c([N+](=O)[O-])c2)CC1. The van der Waals surface area contributed by atoms with Crippen LogP contribution in [0.4, 0.5) is 11.4 Å². The van der Waals surface area contributed by atoms with Crippen molar-refractivity contribution in [3.63, 3.8) is 0 Å². The van der Waals surface area contributed by atoms with Crippen molar-refractivity contribution in [3.05, 3.63) is 28.3 Å². The van der Waals surface area contributed by atoms with E-state index in [9.17, 15) is 18.5 Å². The van der Waals surface area contributed by atoms with E-state index in [0.717, 1.165) is 6.07 Å². The fraction of sp³-hybridized carbons (Fsp3) is 0.600. The quantitative estimate of drug-likeness (QED) is 0.652. The summed E-state index contributed by atoms with van der Waals surface area (Å²) in [7, 11) is -1.80. The molecule has 0 aliphatic carbocycles. The molecule has 0 saturated carbocycles. The van der Waals surface area contributed by atoms with Crippen molar-refractivity contribution in [2.24, 2.45) is 0 Å². The molecule has 24 heavy (non-hydrogen) atoms. The zero-order valence-corrected chi connectivity index (χ0v) is 15.3. The zero-order chi connectivity index (χ0) is 18.1. The molecule has 0 amide bonds. The largest absolute Gasteiger partial charge is 0.375 e. The van der Waals surface area contributed by atoms with Gasteiger partial charge in [-0.25, -0.2) is 8.42 Å². The van der Waals surface area contributed by atoms with Gasteiger partial charge in [-0.3, -0.25) is 10.1 Å². The van der Waals surface area contributed by atoms with Gasteiger partial charge >= 0.3 is 0 Å². The van der Waals surface area contributed by atoms with Crippen LogP contribution < -0.4 is 5.32 Å². The molecule has 1 saturated heterocycles. The second-order valence-corrected chi connectivity index (χ2v) is 8.96. The van der Waals surface area contributed by atoms with Gasteiger partial charge in [-0.05, 0) is 40.0 Å². The number of benzene rings is 1. The number of nitrogens with one attached hydrogen (secondary N) is 1. The standard InChI is InChI=1S/C15H24N4O4S/c1-15(2,3)16-13-6-5-12(11-14(13)19(20)21)24(22,23)18-9-7-17(4)8-10-18/h5-6,11,16H,7-10H2,1-4H3. The van der Waals surface area contributed by atoms with E-state index in [-0.39, 0.29) is 16.1 Å². The minimum Gasteiger partial charge on any atom is -0.375 e. The van der Waals surface area contributed by atoms with Crippen molar-refractivity contribution in [3.8, 4) is 0 Å². The van der Waals surface area contributed by atoms with Gasteiger partial charge in [0, 0.05) is 37.8 Å². The van der Waals surface area contributed by atoms with Crippen molar-refractivity contribution in [2.45, 2.75) is 31.2 Å². The first-order valence-electron chi connectivity index (χ1n) is 7.76. The Labute approximate surface area is 142 Å². The molecular formula is C15H24N4O4S. The van der Waals surface area contributed by atoms with Crippen LogP contribution in [0, 0.1) is 10.1 Å². The van der Waals surface area contributed by atoms with Crippen LogP contribution in [0.2, 0.25) is 0 Å². The predicted octanol–water partition coefficient (Wildman–Crippen LogP) is 1.74. The topological polar surface area (TPSA) is 95.8 Å². The number of nitro groups is 1. The molecule has 8 nitrogen and oxygen atoms in total. The molecule has 0 aromatic heterocycles. The maximum absolute atomic E-state index is 12.7. The molecule has 2 rings (SSSR count). The summed E-state index contributed by atoms with van der Waals surface area (Å²) in [5, 5.41) is 14.4. The van der Waals surface area contributed by atoms with E-state index in [0.29, 0.717) is 31.9 Å². The molecule has 1 aromatic rings. The number of likely N-dealkylation sites (N-methyl/N-ethyl adjacent to an activating group) is 1. The lowest BCUT2D eigenvalue weighted by atomic mass is 10.1. The molecule has 1 aliphatic heterocycles. The van der Waals surface area contributed by atoms with Crippen molar-refractivity contribution in [2.75, 3.05) is 38.5 Å². The van der Waals surface area contributed by atoms with E-state index in [1.165, 1.54) is 16.4 Å². The number of anilines is 1. The maximum atomic E-state index is 12.7. The van der Waals surface area contributed by atoms with Crippen molar-refractivity contribution < 1.29 is 13.3 Å². The van der Waals surface area contributed by atoms with Gasteiger partial charge in [-0.15, -0.1) is 0 Å². The third-order valence-electron chi connectivity index (χ3n) is 3.78. The molecule has 0 bridgehead atoms. The van der Waals surface area contributed by atoms with Crippen LogP contribution in [0.5, 0.6) is 0 Å². The second kappa shape index (κ2) is 6.66. The number of piperazine rings is 1. The van der Waals surface area contributed by atoms with Crippen LogP contribution in [0.25, 0.3) is 0 Å². The number of hydrogen-bond acceptors (Lipinski definition) is 6. The van der Waals surface area contributed by atoms with Gasteiger partial charge in [-0.1, -0.05) is 0 Å². The predicted molar refractivity (Wildman–Crippen MR) is 92.7 cm³/mol. The minimum absolute atomic E-state index is 0.0433. The Balaban J connectivity index is 2.37. The molecule has 1 aliphatic rings. The van der Waals surface area contributed by atoms with E-state index < -0.39 is 14.9 Å². The summed E-state index contributed by atoms with van der Waals surface area (Å²) in [6.45, 7) is 7.70. The molecule has 1 aromatic carbocycles. The lowest BCUT2D eigenvalue weighted by molar-refractivity contribution is -0.384. The van der Waals surface area contributed by atoms with Gasteiger partial charge in [0.25, 0.3) is 5.69 Å². The molecule has 0 spiro atoms. The minimum atomic E-state index is -3.73. The average Bonchev–Trinajstić information content (AvgIpc) is 2.46. The summed E-state index contributed by atoms with van der Waals surface area (Å²) in [4.78, 5) is 12.8. The van der Waals surface area contributed by atoms with E-state index in [1.54, 1.807) is 0 Å². The van der Waals surface area contributed by atoms with Gasteiger partial charge in [0.05, 0.1) is 9.82 Å². The van der Waals surface area contributed by atoms with Crippen LogP contribution in [-0.4, -0.2) is 61.3 Å². The molecule has 1 N–H and O–H groups in total. The van der Waals surface area contributed by atoms with E-state index in [1.807, 2.05) is 32.7 Å². The number of nitro benzene ring substituents is 1. The van der Waals surface area contributed by atoms with Crippen molar-refractivity contribution >= 4 is 21.4 Å². The molecule has 9 heteroatoms. The molecule has 1 heterocycles. The molecule has 134 valence electrons.